The molecular weight excluding hydrogens is 286 g/mol. The van der Waals surface area contributed by atoms with Crippen LogP contribution in [0.4, 0.5) is 5.82 Å². The minimum atomic E-state index is 0.588. The number of methoxy groups -OCH3 is 1. The Balaban J connectivity index is 2.57. The van der Waals surface area contributed by atoms with Gasteiger partial charge in [0, 0.05) is 18.3 Å². The van der Waals surface area contributed by atoms with Gasteiger partial charge in [0.2, 0.25) is 0 Å². The average molecular weight is 306 g/mol. The Morgan fingerprint density at radius 2 is 2.05 bits per heavy atom. The molecule has 0 atom stereocenters. The minimum Gasteiger partial charge on any atom is -0.496 e. The van der Waals surface area contributed by atoms with Crippen LogP contribution in [-0.2, 0) is 6.42 Å². The molecular formula is C16H20ClN3O. The predicted octanol–water partition coefficient (Wildman–Crippen LogP) is 4.19. The zero-order chi connectivity index (χ0) is 15.2. The van der Waals surface area contributed by atoms with Gasteiger partial charge in [0.1, 0.15) is 11.6 Å². The molecule has 0 spiro atoms. The fourth-order valence-electron chi connectivity index (χ4n) is 2.16. The highest BCUT2D eigenvalue weighted by Gasteiger charge is 2.15. The molecule has 112 valence electrons. The first-order valence-electron chi connectivity index (χ1n) is 7.14. The molecule has 4 nitrogen and oxygen atoms in total. The van der Waals surface area contributed by atoms with E-state index in [-0.39, 0.29) is 0 Å². The molecule has 0 fully saturated rings. The molecule has 0 aliphatic rings. The summed E-state index contributed by atoms with van der Waals surface area (Å²) in [5, 5.41) is 3.83. The summed E-state index contributed by atoms with van der Waals surface area (Å²) in [5.41, 5.74) is 1.74. The monoisotopic (exact) mass is 305 g/mol. The molecule has 0 amide bonds. The second kappa shape index (κ2) is 7.27. The standard InChI is InChI=1S/C16H20ClN3O/c1-4-7-11-10-14(18-5-2)20-16(19-11)15-12(17)8-6-9-13(15)21-3/h6,8-10H,4-5,7H2,1-3H3,(H,18,19,20). The average Bonchev–Trinajstić information content (AvgIpc) is 2.47. The third kappa shape index (κ3) is 3.64. The molecule has 2 aromatic rings. The Hall–Kier alpha value is -1.81. The zero-order valence-electron chi connectivity index (χ0n) is 12.6. The second-order valence-electron chi connectivity index (χ2n) is 4.67. The summed E-state index contributed by atoms with van der Waals surface area (Å²) < 4.78 is 5.40. The Bertz CT molecular complexity index is 592. The maximum atomic E-state index is 6.32. The molecule has 2 rings (SSSR count). The summed E-state index contributed by atoms with van der Waals surface area (Å²) >= 11 is 6.32. The predicted molar refractivity (Wildman–Crippen MR) is 87.2 cm³/mol. The summed E-state index contributed by atoms with van der Waals surface area (Å²) in [7, 11) is 1.62. The third-order valence-electron chi connectivity index (χ3n) is 3.06. The number of nitrogens with one attached hydrogen (secondary N) is 1. The highest BCUT2D eigenvalue weighted by molar-refractivity contribution is 6.33. The largest absolute Gasteiger partial charge is 0.496 e. The highest BCUT2D eigenvalue weighted by Crippen LogP contribution is 2.35. The van der Waals surface area contributed by atoms with E-state index in [1.54, 1.807) is 7.11 Å². The lowest BCUT2D eigenvalue weighted by Gasteiger charge is -2.12. The maximum absolute atomic E-state index is 6.32. The molecule has 1 N–H and O–H groups in total. The molecule has 0 saturated carbocycles. The summed E-state index contributed by atoms with van der Waals surface area (Å²) in [4.78, 5) is 9.19. The van der Waals surface area contributed by atoms with Crippen molar-refractivity contribution in [3.63, 3.8) is 0 Å². The van der Waals surface area contributed by atoms with Crippen LogP contribution >= 0.6 is 11.6 Å². The number of ether oxygens (including phenoxy) is 1. The molecule has 21 heavy (non-hydrogen) atoms. The lowest BCUT2D eigenvalue weighted by atomic mass is 10.1. The van der Waals surface area contributed by atoms with Gasteiger partial charge in [0.25, 0.3) is 0 Å². The SMILES string of the molecule is CCCc1cc(NCC)nc(-c2c(Cl)cccc2OC)n1. The number of anilines is 1. The first kappa shape index (κ1) is 15.6. The van der Waals surface area contributed by atoms with Gasteiger partial charge in [-0.15, -0.1) is 0 Å². The fourth-order valence-corrected chi connectivity index (χ4v) is 2.41. The molecule has 1 aromatic carbocycles. The van der Waals surface area contributed by atoms with E-state index in [0.717, 1.165) is 36.5 Å². The minimum absolute atomic E-state index is 0.588. The van der Waals surface area contributed by atoms with Gasteiger partial charge >= 0.3 is 0 Å². The Labute approximate surface area is 130 Å². The second-order valence-corrected chi connectivity index (χ2v) is 5.07. The van der Waals surface area contributed by atoms with Crippen molar-refractivity contribution in [2.24, 2.45) is 0 Å². The summed E-state index contributed by atoms with van der Waals surface area (Å²) in [5.74, 6) is 2.09. The van der Waals surface area contributed by atoms with Crippen LogP contribution in [0.5, 0.6) is 5.75 Å². The van der Waals surface area contributed by atoms with Gasteiger partial charge in [-0.05, 0) is 25.5 Å². The van der Waals surface area contributed by atoms with Crippen molar-refractivity contribution < 1.29 is 4.74 Å². The summed E-state index contributed by atoms with van der Waals surface area (Å²) in [6.07, 6.45) is 1.93. The first-order chi connectivity index (χ1) is 10.2. The number of nitrogens with zero attached hydrogens (tertiary/aromatic N) is 2. The van der Waals surface area contributed by atoms with E-state index in [9.17, 15) is 0 Å². The number of hydrogen-bond donors (Lipinski definition) is 1. The van der Waals surface area contributed by atoms with Crippen LogP contribution in [0, 0.1) is 0 Å². The first-order valence-corrected chi connectivity index (χ1v) is 7.52. The van der Waals surface area contributed by atoms with Crippen LogP contribution in [0.25, 0.3) is 11.4 Å². The van der Waals surface area contributed by atoms with Crippen molar-refractivity contribution in [3.8, 4) is 17.1 Å². The maximum Gasteiger partial charge on any atom is 0.167 e. The van der Waals surface area contributed by atoms with Crippen LogP contribution in [0.15, 0.2) is 24.3 Å². The van der Waals surface area contributed by atoms with Gasteiger partial charge in [0.05, 0.1) is 17.7 Å². The molecule has 0 radical (unpaired) electrons. The van der Waals surface area contributed by atoms with Gasteiger partial charge in [-0.2, -0.15) is 0 Å². The van der Waals surface area contributed by atoms with Crippen LogP contribution < -0.4 is 10.1 Å². The number of aryl methyl sites for hydroxylation is 1. The fraction of sp³-hybridized carbons (Fsp3) is 0.375. The van der Waals surface area contributed by atoms with Gasteiger partial charge < -0.3 is 10.1 Å². The van der Waals surface area contributed by atoms with Crippen LogP contribution in [0.3, 0.4) is 0 Å². The van der Waals surface area contributed by atoms with E-state index >= 15 is 0 Å². The lowest BCUT2D eigenvalue weighted by molar-refractivity contribution is 0.416. The number of rotatable bonds is 6. The Morgan fingerprint density at radius 3 is 2.71 bits per heavy atom. The summed E-state index contributed by atoms with van der Waals surface area (Å²) in [6.45, 7) is 4.98. The van der Waals surface area contributed by atoms with E-state index in [2.05, 4.69) is 22.2 Å². The number of hydrogen-bond acceptors (Lipinski definition) is 4. The van der Waals surface area contributed by atoms with E-state index in [4.69, 9.17) is 16.3 Å². The molecule has 1 heterocycles. The van der Waals surface area contributed by atoms with E-state index in [1.165, 1.54) is 0 Å². The molecule has 0 unspecified atom stereocenters. The molecule has 0 aliphatic carbocycles. The van der Waals surface area contributed by atoms with Crippen molar-refractivity contribution in [2.45, 2.75) is 26.7 Å². The zero-order valence-corrected chi connectivity index (χ0v) is 13.4. The molecule has 5 heteroatoms. The van der Waals surface area contributed by atoms with Crippen LogP contribution in [0.1, 0.15) is 26.0 Å². The third-order valence-corrected chi connectivity index (χ3v) is 3.38. The van der Waals surface area contributed by atoms with E-state index in [1.807, 2.05) is 31.2 Å². The van der Waals surface area contributed by atoms with Crippen molar-refractivity contribution in [1.29, 1.82) is 0 Å². The lowest BCUT2D eigenvalue weighted by Crippen LogP contribution is -2.05. The Kier molecular flexibility index (Phi) is 5.39. The Morgan fingerprint density at radius 1 is 1.24 bits per heavy atom. The molecule has 0 aliphatic heterocycles. The smallest absolute Gasteiger partial charge is 0.167 e. The highest BCUT2D eigenvalue weighted by atomic mass is 35.5. The van der Waals surface area contributed by atoms with Crippen molar-refractivity contribution in [3.05, 3.63) is 35.0 Å². The van der Waals surface area contributed by atoms with Gasteiger partial charge in [-0.1, -0.05) is 31.0 Å². The number of aromatic nitrogens is 2. The van der Waals surface area contributed by atoms with E-state index in [0.29, 0.717) is 16.6 Å². The quantitative estimate of drug-likeness (QED) is 0.869. The van der Waals surface area contributed by atoms with Crippen LogP contribution in [0.2, 0.25) is 5.02 Å². The molecule has 0 bridgehead atoms. The molecule has 1 aromatic heterocycles. The van der Waals surface area contributed by atoms with Crippen molar-refractivity contribution >= 4 is 17.4 Å². The number of halogens is 1. The van der Waals surface area contributed by atoms with E-state index < -0.39 is 0 Å². The van der Waals surface area contributed by atoms with Crippen LogP contribution in [-0.4, -0.2) is 23.6 Å². The molecule has 0 saturated heterocycles. The van der Waals surface area contributed by atoms with Gasteiger partial charge in [0.15, 0.2) is 5.82 Å². The normalized spacial score (nSPS) is 10.5. The van der Waals surface area contributed by atoms with Gasteiger partial charge in [-0.3, -0.25) is 0 Å². The number of benzene rings is 1. The van der Waals surface area contributed by atoms with Crippen molar-refractivity contribution in [1.82, 2.24) is 9.97 Å². The topological polar surface area (TPSA) is 47.0 Å². The summed E-state index contributed by atoms with van der Waals surface area (Å²) in [6, 6.07) is 7.53. The van der Waals surface area contributed by atoms with Crippen molar-refractivity contribution in [2.75, 3.05) is 19.0 Å². The van der Waals surface area contributed by atoms with Gasteiger partial charge in [-0.25, -0.2) is 9.97 Å².